The minimum atomic E-state index is -1.09. The summed E-state index contributed by atoms with van der Waals surface area (Å²) in [7, 11) is 6.39. The van der Waals surface area contributed by atoms with Gasteiger partial charge in [-0.2, -0.15) is 0 Å². The van der Waals surface area contributed by atoms with Crippen molar-refractivity contribution in [2.75, 3.05) is 35.8 Å². The van der Waals surface area contributed by atoms with Crippen LogP contribution in [-0.2, 0) is 28.5 Å². The molecular weight excluding hydrogens is 857 g/mol. The number of nitrogens with zero attached hydrogens (tertiary/aromatic N) is 3. The van der Waals surface area contributed by atoms with Gasteiger partial charge in [0.1, 0.15) is 11.7 Å². The Kier molecular flexibility index (Phi) is 15.9. The van der Waals surface area contributed by atoms with E-state index in [4.69, 9.17) is 0 Å². The monoisotopic (exact) mass is 939 g/mol. The number of hydrogen-bond donors (Lipinski definition) is 1. The van der Waals surface area contributed by atoms with E-state index in [1.165, 1.54) is 121 Å². The van der Waals surface area contributed by atoms with E-state index in [0.717, 1.165) is 47.0 Å². The first-order valence-electron chi connectivity index (χ1n) is 26.9. The van der Waals surface area contributed by atoms with Crippen LogP contribution in [0.2, 0.25) is 0 Å². The highest BCUT2D eigenvalue weighted by atomic mass is 16.3. The predicted molar refractivity (Wildman–Crippen MR) is 294 cm³/mol. The van der Waals surface area contributed by atoms with Gasteiger partial charge in [0.25, 0.3) is 0 Å². The van der Waals surface area contributed by atoms with Gasteiger partial charge >= 0.3 is 0 Å². The van der Waals surface area contributed by atoms with Gasteiger partial charge in [-0.15, -0.1) is 0 Å². The predicted octanol–water partition coefficient (Wildman–Crippen LogP) is 14.0. The Morgan fingerprint density at radius 2 is 1.13 bits per heavy atom. The number of Topliss-reactive ketones (excluding diaryl/α,β-unsaturated/α-hetero) is 1. The van der Waals surface area contributed by atoms with Crippen LogP contribution >= 0.6 is 0 Å². The maximum atomic E-state index is 14.1. The van der Waals surface area contributed by atoms with Crippen molar-refractivity contribution >= 4 is 45.6 Å². The lowest BCUT2D eigenvalue weighted by atomic mass is 9.70. The third kappa shape index (κ3) is 10.5. The normalized spacial score (nSPS) is 21.0. The molecule has 0 radical (unpaired) electrons. The summed E-state index contributed by atoms with van der Waals surface area (Å²) in [4.78, 5) is 22.1. The zero-order valence-corrected chi connectivity index (χ0v) is 44.3. The molecule has 6 heteroatoms. The number of nitrogens with one attached hydrogen (secondary N) is 1. The molecule has 1 fully saturated rings. The molecule has 2 aliphatic heterocycles. The third-order valence-corrected chi connectivity index (χ3v) is 16.4. The van der Waals surface area contributed by atoms with E-state index in [1.807, 2.05) is 12.2 Å². The van der Waals surface area contributed by atoms with Crippen LogP contribution < -0.4 is 24.7 Å². The number of aryl methyl sites for hydroxylation is 3. The Morgan fingerprint density at radius 1 is 0.629 bits per heavy atom. The first-order chi connectivity index (χ1) is 33.6. The minimum Gasteiger partial charge on any atom is -0.848 e. The summed E-state index contributed by atoms with van der Waals surface area (Å²) in [5.41, 5.74) is 15.2. The maximum absolute atomic E-state index is 14.1. The average molecular weight is 939 g/mol. The number of rotatable bonds is 21. The molecule has 0 saturated heterocycles. The quantitative estimate of drug-likeness (QED) is 0.0587. The molecule has 3 aliphatic rings. The van der Waals surface area contributed by atoms with Gasteiger partial charge in [-0.3, -0.25) is 9.69 Å². The molecule has 70 heavy (non-hydrogen) atoms. The average Bonchev–Trinajstić information content (AvgIpc) is 3.67. The topological polar surface area (TPSA) is 54.3 Å². The second-order valence-corrected chi connectivity index (χ2v) is 22.1. The van der Waals surface area contributed by atoms with Crippen molar-refractivity contribution < 1.29 is 14.8 Å². The number of quaternary nitrogens is 1. The van der Waals surface area contributed by atoms with Crippen LogP contribution in [0.3, 0.4) is 0 Å². The van der Waals surface area contributed by atoms with Crippen molar-refractivity contribution in [2.45, 2.75) is 161 Å². The minimum absolute atomic E-state index is 0.00919. The van der Waals surface area contributed by atoms with E-state index < -0.39 is 17.4 Å². The molecule has 6 nitrogen and oxygen atoms in total. The van der Waals surface area contributed by atoms with Crippen LogP contribution in [0.25, 0.3) is 0 Å². The summed E-state index contributed by atoms with van der Waals surface area (Å²) in [6.07, 6.45) is 20.8. The number of benzene rings is 5. The van der Waals surface area contributed by atoms with Crippen molar-refractivity contribution in [1.29, 1.82) is 0 Å². The molecule has 0 amide bonds. The number of allylic oxidation sites excluding steroid dienone is 1. The van der Waals surface area contributed by atoms with Gasteiger partial charge in [0, 0.05) is 70.8 Å². The molecule has 370 valence electrons. The standard InChI is InChI=1S/C64H81N4O2/c1-11-13-15-17-19-21-23-46-26-30-48(31-27-46)65(8)49-34-36-51(37-35-49)68(50-32-28-47(29-33-50)24-22-20-18-16-14-12-2)52-38-40-58-56(42-52)64(6,7)60(67(58)10)44-54-61(69)53(62(54)70)43-59-63(4,5)55-41-45(3)25-39-57(55)66(59)9/h25-44,54,59,61H,11-24H2,1-10H3/q-1/p+1/b53-43-,60-44?. The molecule has 5 aromatic rings. The van der Waals surface area contributed by atoms with Gasteiger partial charge in [0.05, 0.1) is 12.5 Å². The highest BCUT2D eigenvalue weighted by molar-refractivity contribution is 6.07. The molecule has 4 atom stereocenters. The summed E-state index contributed by atoms with van der Waals surface area (Å²) in [6, 6.07) is 40.6. The van der Waals surface area contributed by atoms with Crippen molar-refractivity contribution in [3.8, 4) is 0 Å². The fraction of sp³-hybridized carbons (Fsp3) is 0.453. The second kappa shape index (κ2) is 21.9. The van der Waals surface area contributed by atoms with Gasteiger partial charge in [-0.05, 0) is 154 Å². The van der Waals surface area contributed by atoms with E-state index in [2.05, 4.69) is 194 Å². The van der Waals surface area contributed by atoms with E-state index in [0.29, 0.717) is 5.57 Å². The van der Waals surface area contributed by atoms with Crippen molar-refractivity contribution in [2.24, 2.45) is 5.92 Å². The summed E-state index contributed by atoms with van der Waals surface area (Å²) in [5.74, 6) is -0.734. The van der Waals surface area contributed by atoms with Crippen LogP contribution in [-0.4, -0.2) is 39.1 Å². The number of unbranched alkanes of at least 4 members (excludes halogenated alkanes) is 10. The first-order valence-corrected chi connectivity index (χ1v) is 26.9. The molecule has 1 N–H and O–H groups in total. The Balaban J connectivity index is 1.03. The van der Waals surface area contributed by atoms with Crippen molar-refractivity contribution in [1.82, 2.24) is 0 Å². The molecule has 0 aromatic heterocycles. The lowest BCUT2D eigenvalue weighted by Crippen LogP contribution is -3.07. The number of anilines is 6. The molecule has 1 saturated carbocycles. The van der Waals surface area contributed by atoms with E-state index in [9.17, 15) is 9.90 Å². The van der Waals surface area contributed by atoms with Gasteiger partial charge in [0.2, 0.25) is 0 Å². The molecule has 0 bridgehead atoms. The van der Waals surface area contributed by atoms with Crippen molar-refractivity contribution in [3.63, 3.8) is 0 Å². The van der Waals surface area contributed by atoms with Crippen LogP contribution in [0.15, 0.2) is 133 Å². The van der Waals surface area contributed by atoms with Crippen molar-refractivity contribution in [3.05, 3.63) is 160 Å². The highest BCUT2D eigenvalue weighted by Crippen LogP contribution is 2.51. The second-order valence-electron chi connectivity index (χ2n) is 22.1. The Bertz CT molecular complexity index is 2640. The lowest BCUT2D eigenvalue weighted by Gasteiger charge is -2.43. The van der Waals surface area contributed by atoms with E-state index in [1.54, 1.807) is 0 Å². The molecule has 1 aliphatic carbocycles. The maximum Gasteiger partial charge on any atom is 0.163 e. The van der Waals surface area contributed by atoms with Crippen LogP contribution in [0.1, 0.15) is 146 Å². The highest BCUT2D eigenvalue weighted by Gasteiger charge is 2.49. The van der Waals surface area contributed by atoms with Gasteiger partial charge < -0.3 is 19.8 Å². The van der Waals surface area contributed by atoms with Crippen LogP contribution in [0.5, 0.6) is 0 Å². The fourth-order valence-corrected chi connectivity index (χ4v) is 11.8. The molecular formula is C64H82N4O2. The lowest BCUT2D eigenvalue weighted by molar-refractivity contribution is -0.828. The van der Waals surface area contributed by atoms with E-state index in [-0.39, 0.29) is 17.2 Å². The summed E-state index contributed by atoms with van der Waals surface area (Å²) in [5, 5.41) is 14.1. The summed E-state index contributed by atoms with van der Waals surface area (Å²) in [6.45, 7) is 15.6. The molecule has 8 rings (SSSR count). The Hall–Kier alpha value is -5.43. The number of fused-ring (bicyclic) bond motifs is 2. The zero-order valence-electron chi connectivity index (χ0n) is 44.3. The van der Waals surface area contributed by atoms with E-state index >= 15 is 0 Å². The first kappa shape index (κ1) is 50.9. The molecule has 4 unspecified atom stereocenters. The summed E-state index contributed by atoms with van der Waals surface area (Å²) >= 11 is 0. The number of ketones is 1. The third-order valence-electron chi connectivity index (χ3n) is 16.4. The number of hydrogen-bond acceptors (Lipinski definition) is 5. The number of carbonyl (C=O) groups excluding carboxylic acids is 1. The number of carbonyl (C=O) groups is 1. The largest absolute Gasteiger partial charge is 0.848 e. The Labute approximate surface area is 422 Å². The summed E-state index contributed by atoms with van der Waals surface area (Å²) < 4.78 is 0. The smallest absolute Gasteiger partial charge is 0.163 e. The SMILES string of the molecule is CCCCCCCCc1ccc(N(C)c2ccc(N(c3ccc(CCCCCCCC)cc3)c3ccc4c(c3)C(C)(C)C(=CC3C(=O)/C(=C\C5[NH+](C)c6ccc(C)cc6C5(C)C)C3[O-])N4C)cc2)cc1. The fourth-order valence-electron chi connectivity index (χ4n) is 11.8. The molecule has 2 heterocycles. The van der Waals surface area contributed by atoms with Gasteiger partial charge in [-0.1, -0.05) is 140 Å². The Morgan fingerprint density at radius 3 is 1.69 bits per heavy atom. The van der Waals surface area contributed by atoms with Gasteiger partial charge in [-0.25, -0.2) is 0 Å². The van der Waals surface area contributed by atoms with Crippen LogP contribution in [0, 0.1) is 12.8 Å². The molecule has 5 aromatic carbocycles. The zero-order chi connectivity index (χ0) is 49.7. The number of likely N-dealkylation sites (N-methyl/N-ethyl adjacent to an activating group) is 2. The molecule has 0 spiro atoms. The van der Waals surface area contributed by atoms with Gasteiger partial charge in [0.15, 0.2) is 5.78 Å². The van der Waals surface area contributed by atoms with Crippen LogP contribution in [0.4, 0.5) is 39.8 Å².